The Hall–Kier alpha value is -1.90. The van der Waals surface area contributed by atoms with Gasteiger partial charge < -0.3 is 4.57 Å². The van der Waals surface area contributed by atoms with Crippen molar-refractivity contribution in [1.82, 2.24) is 4.57 Å². The minimum absolute atomic E-state index is 0.0281. The van der Waals surface area contributed by atoms with E-state index in [-0.39, 0.29) is 11.6 Å². The first-order valence-electron chi connectivity index (χ1n) is 5.49. The molecule has 0 bridgehead atoms. The first-order valence-corrected chi connectivity index (χ1v) is 5.49. The lowest BCUT2D eigenvalue weighted by Gasteiger charge is -2.06. The lowest BCUT2D eigenvalue weighted by atomic mass is 10.2. The van der Waals surface area contributed by atoms with Crippen LogP contribution in [-0.4, -0.2) is 10.4 Å². The molecule has 0 radical (unpaired) electrons. The van der Waals surface area contributed by atoms with Crippen molar-refractivity contribution < 1.29 is 9.18 Å². The summed E-state index contributed by atoms with van der Waals surface area (Å²) in [7, 11) is 0. The topological polar surface area (TPSA) is 22.0 Å². The Labute approximate surface area is 99.7 Å². The summed E-state index contributed by atoms with van der Waals surface area (Å²) in [5, 5.41) is 0. The van der Waals surface area contributed by atoms with E-state index in [1.54, 1.807) is 18.3 Å². The molecule has 0 saturated heterocycles. The average Bonchev–Trinajstić information content (AvgIpc) is 2.64. The van der Waals surface area contributed by atoms with Crippen LogP contribution in [-0.2, 0) is 6.54 Å². The molecule has 0 saturated carbocycles. The molecule has 0 aliphatic carbocycles. The van der Waals surface area contributed by atoms with Gasteiger partial charge in [0.05, 0.1) is 6.54 Å². The van der Waals surface area contributed by atoms with Crippen LogP contribution in [0.3, 0.4) is 0 Å². The van der Waals surface area contributed by atoms with E-state index in [9.17, 15) is 9.18 Å². The maximum Gasteiger partial charge on any atom is 0.161 e. The van der Waals surface area contributed by atoms with Crippen LogP contribution in [0.4, 0.5) is 4.39 Å². The molecule has 1 aromatic carbocycles. The van der Waals surface area contributed by atoms with E-state index < -0.39 is 0 Å². The van der Waals surface area contributed by atoms with Gasteiger partial charge in [-0.05, 0) is 26.0 Å². The van der Waals surface area contributed by atoms with Crippen LogP contribution in [0, 0.1) is 12.7 Å². The molecule has 2 rings (SSSR count). The van der Waals surface area contributed by atoms with Gasteiger partial charge in [-0.25, -0.2) is 4.39 Å². The van der Waals surface area contributed by atoms with Gasteiger partial charge in [0.25, 0.3) is 0 Å². The molecule has 0 spiro atoms. The highest BCUT2D eigenvalue weighted by molar-refractivity contribution is 5.94. The zero-order valence-electron chi connectivity index (χ0n) is 9.90. The third kappa shape index (κ3) is 2.44. The Bertz CT molecular complexity index is 557. The molecule has 0 N–H and O–H groups in total. The van der Waals surface area contributed by atoms with Gasteiger partial charge in [-0.3, -0.25) is 4.79 Å². The molecule has 0 aliphatic heterocycles. The second-order valence-corrected chi connectivity index (χ2v) is 4.15. The smallest absolute Gasteiger partial charge is 0.161 e. The van der Waals surface area contributed by atoms with Gasteiger partial charge in [-0.2, -0.15) is 0 Å². The second kappa shape index (κ2) is 4.53. The molecule has 2 aromatic rings. The fraction of sp³-hybridized carbons (Fsp3) is 0.214. The fourth-order valence-corrected chi connectivity index (χ4v) is 1.79. The molecule has 0 aliphatic rings. The summed E-state index contributed by atoms with van der Waals surface area (Å²) in [6, 6.07) is 8.50. The third-order valence-corrected chi connectivity index (χ3v) is 2.82. The number of Topliss-reactive ketones (excluding diaryl/α,β-unsaturated/α-hetero) is 1. The van der Waals surface area contributed by atoms with Crippen molar-refractivity contribution in [2.75, 3.05) is 0 Å². The summed E-state index contributed by atoms with van der Waals surface area (Å²) >= 11 is 0. The minimum Gasteiger partial charge on any atom is -0.347 e. The zero-order chi connectivity index (χ0) is 12.4. The summed E-state index contributed by atoms with van der Waals surface area (Å²) in [4.78, 5) is 11.2. The maximum absolute atomic E-state index is 13.5. The van der Waals surface area contributed by atoms with Crippen LogP contribution in [0.2, 0.25) is 0 Å². The van der Waals surface area contributed by atoms with Gasteiger partial charge >= 0.3 is 0 Å². The number of benzene rings is 1. The van der Waals surface area contributed by atoms with Crippen LogP contribution < -0.4 is 0 Å². The molecule has 17 heavy (non-hydrogen) atoms. The Kier molecular flexibility index (Phi) is 3.09. The Morgan fingerprint density at radius 3 is 2.65 bits per heavy atom. The van der Waals surface area contributed by atoms with E-state index in [1.807, 2.05) is 23.6 Å². The first-order chi connectivity index (χ1) is 8.08. The van der Waals surface area contributed by atoms with Crippen molar-refractivity contribution in [2.24, 2.45) is 0 Å². The Balaban J connectivity index is 2.30. The summed E-state index contributed by atoms with van der Waals surface area (Å²) in [6.45, 7) is 3.89. The van der Waals surface area contributed by atoms with Gasteiger partial charge in [-0.1, -0.05) is 18.2 Å². The zero-order valence-corrected chi connectivity index (χ0v) is 9.90. The predicted octanol–water partition coefficient (Wildman–Crippen LogP) is 3.19. The van der Waals surface area contributed by atoms with E-state index >= 15 is 0 Å². The second-order valence-electron chi connectivity index (χ2n) is 4.15. The number of hydrogen-bond donors (Lipinski definition) is 0. The van der Waals surface area contributed by atoms with Gasteiger partial charge in [0.2, 0.25) is 0 Å². The lowest BCUT2D eigenvalue weighted by Crippen LogP contribution is -2.02. The molecule has 0 atom stereocenters. The number of hydrogen-bond acceptors (Lipinski definition) is 1. The average molecular weight is 231 g/mol. The van der Waals surface area contributed by atoms with Gasteiger partial charge in [0, 0.05) is 23.0 Å². The van der Waals surface area contributed by atoms with Gasteiger partial charge in [0.1, 0.15) is 5.82 Å². The van der Waals surface area contributed by atoms with Crippen LogP contribution in [0.15, 0.2) is 36.5 Å². The number of halogens is 1. The largest absolute Gasteiger partial charge is 0.347 e. The highest BCUT2D eigenvalue weighted by atomic mass is 19.1. The van der Waals surface area contributed by atoms with E-state index in [4.69, 9.17) is 0 Å². The molecule has 0 fully saturated rings. The van der Waals surface area contributed by atoms with E-state index in [2.05, 4.69) is 0 Å². The third-order valence-electron chi connectivity index (χ3n) is 2.82. The molecule has 1 heterocycles. The Morgan fingerprint density at radius 1 is 1.35 bits per heavy atom. The monoisotopic (exact) mass is 231 g/mol. The van der Waals surface area contributed by atoms with Gasteiger partial charge in [-0.15, -0.1) is 0 Å². The molecule has 0 amide bonds. The van der Waals surface area contributed by atoms with Crippen LogP contribution in [0.25, 0.3) is 0 Å². The Morgan fingerprint density at radius 2 is 2.06 bits per heavy atom. The highest BCUT2D eigenvalue weighted by Crippen LogP contribution is 2.13. The van der Waals surface area contributed by atoms with Crippen molar-refractivity contribution in [1.29, 1.82) is 0 Å². The molecule has 2 nitrogen and oxygen atoms in total. The number of ketones is 1. The first kappa shape index (κ1) is 11.6. The van der Waals surface area contributed by atoms with Crippen molar-refractivity contribution in [2.45, 2.75) is 20.4 Å². The molecular weight excluding hydrogens is 217 g/mol. The van der Waals surface area contributed by atoms with Crippen molar-refractivity contribution in [3.8, 4) is 0 Å². The summed E-state index contributed by atoms with van der Waals surface area (Å²) in [5.41, 5.74) is 2.25. The SMILES string of the molecule is CC(=O)c1cc(C)n(Cc2ccccc2F)c1. The molecular formula is C14H14FNO. The van der Waals surface area contributed by atoms with E-state index in [0.29, 0.717) is 17.7 Å². The number of carbonyl (C=O) groups is 1. The number of aryl methyl sites for hydroxylation is 1. The minimum atomic E-state index is -0.218. The van der Waals surface area contributed by atoms with Crippen LogP contribution in [0.5, 0.6) is 0 Å². The van der Waals surface area contributed by atoms with Crippen molar-refractivity contribution in [3.05, 3.63) is 59.2 Å². The normalized spacial score (nSPS) is 10.5. The van der Waals surface area contributed by atoms with Crippen LogP contribution >= 0.6 is 0 Å². The fourth-order valence-electron chi connectivity index (χ4n) is 1.79. The number of carbonyl (C=O) groups excluding carboxylic acids is 1. The lowest BCUT2D eigenvalue weighted by molar-refractivity contribution is 0.101. The number of nitrogens with zero attached hydrogens (tertiary/aromatic N) is 1. The molecule has 1 aromatic heterocycles. The molecule has 0 unspecified atom stereocenters. The summed E-state index contributed by atoms with van der Waals surface area (Å²) in [5.74, 6) is -0.189. The number of rotatable bonds is 3. The summed E-state index contributed by atoms with van der Waals surface area (Å²) < 4.78 is 15.4. The van der Waals surface area contributed by atoms with E-state index in [0.717, 1.165) is 5.69 Å². The molecule has 3 heteroatoms. The maximum atomic E-state index is 13.5. The van der Waals surface area contributed by atoms with Crippen LogP contribution in [0.1, 0.15) is 28.5 Å². The quantitative estimate of drug-likeness (QED) is 0.743. The highest BCUT2D eigenvalue weighted by Gasteiger charge is 2.08. The molecule has 88 valence electrons. The van der Waals surface area contributed by atoms with Crippen molar-refractivity contribution in [3.63, 3.8) is 0 Å². The van der Waals surface area contributed by atoms with E-state index in [1.165, 1.54) is 13.0 Å². The van der Waals surface area contributed by atoms with Crippen molar-refractivity contribution >= 4 is 5.78 Å². The summed E-state index contributed by atoms with van der Waals surface area (Å²) in [6.07, 6.45) is 1.77. The van der Waals surface area contributed by atoms with Gasteiger partial charge in [0.15, 0.2) is 5.78 Å². The standard InChI is InChI=1S/C14H14FNO/c1-10-7-13(11(2)17)9-16(10)8-12-5-3-4-6-14(12)15/h3-7,9H,8H2,1-2H3. The number of aromatic nitrogens is 1. The predicted molar refractivity (Wildman–Crippen MR) is 64.7 cm³/mol.